The number of hydrogen-bond acceptors (Lipinski definition) is 8. The topological polar surface area (TPSA) is 100 Å². The largest absolute Gasteiger partial charge is 0.493 e. The van der Waals surface area contributed by atoms with Gasteiger partial charge in [0.25, 0.3) is 0 Å². The van der Waals surface area contributed by atoms with Gasteiger partial charge in [-0.1, -0.05) is 12.2 Å². The summed E-state index contributed by atoms with van der Waals surface area (Å²) in [5, 5.41) is 3.57. The predicted octanol–water partition coefficient (Wildman–Crippen LogP) is 4.84. The molecule has 1 aromatic heterocycles. The van der Waals surface area contributed by atoms with E-state index in [1.165, 1.54) is 18.4 Å². The molecule has 1 heterocycles. The lowest BCUT2D eigenvalue weighted by Crippen LogP contribution is -2.32. The van der Waals surface area contributed by atoms with Crippen LogP contribution in [0.5, 0.6) is 11.5 Å². The van der Waals surface area contributed by atoms with E-state index in [4.69, 9.17) is 18.9 Å². The van der Waals surface area contributed by atoms with E-state index < -0.39 is 11.7 Å². The Bertz CT molecular complexity index is 1110. The van der Waals surface area contributed by atoms with Crippen LogP contribution in [0.1, 0.15) is 48.8 Å². The Labute approximate surface area is 203 Å². The molecule has 0 saturated heterocycles. The number of alkyl carbamates (subject to hydrolysis) is 1. The first-order chi connectivity index (χ1) is 16.1. The quantitative estimate of drug-likeness (QED) is 0.306. The molecule has 0 spiro atoms. The van der Waals surface area contributed by atoms with Crippen molar-refractivity contribution in [3.8, 4) is 11.5 Å². The molecule has 1 aliphatic rings. The molecular weight excluding hydrogens is 458 g/mol. The molecule has 184 valence electrons. The van der Waals surface area contributed by atoms with Gasteiger partial charge in [0.2, 0.25) is 0 Å². The Morgan fingerprint density at radius 1 is 1.09 bits per heavy atom. The minimum absolute atomic E-state index is 0.0685. The highest BCUT2D eigenvalue weighted by Gasteiger charge is 2.49. The summed E-state index contributed by atoms with van der Waals surface area (Å²) in [5.74, 6) is -0.0424. The first-order valence-corrected chi connectivity index (χ1v) is 11.8. The molecule has 2 aromatic rings. The minimum Gasteiger partial charge on any atom is -0.493 e. The zero-order valence-corrected chi connectivity index (χ0v) is 21.2. The SMILES string of the molecule is COC(=O)C1CC1C(=O)c1sc2cc(OC)c(OC)cc2c1/C=C/CCNC(=O)OC(C)(C)C. The molecule has 0 radical (unpaired) electrons. The van der Waals surface area contributed by atoms with Crippen LogP contribution in [0.25, 0.3) is 16.2 Å². The van der Waals surface area contributed by atoms with Crippen LogP contribution >= 0.6 is 11.3 Å². The molecule has 1 N–H and O–H groups in total. The number of ketones is 1. The van der Waals surface area contributed by atoms with Crippen LogP contribution in [0.15, 0.2) is 18.2 Å². The van der Waals surface area contributed by atoms with E-state index in [-0.39, 0.29) is 23.6 Å². The van der Waals surface area contributed by atoms with Crippen LogP contribution in [-0.4, -0.2) is 51.3 Å². The van der Waals surface area contributed by atoms with Gasteiger partial charge in [-0.25, -0.2) is 4.79 Å². The van der Waals surface area contributed by atoms with Crippen LogP contribution in [0.2, 0.25) is 0 Å². The Morgan fingerprint density at radius 2 is 1.76 bits per heavy atom. The maximum absolute atomic E-state index is 13.3. The first-order valence-electron chi connectivity index (χ1n) is 11.0. The normalized spacial score (nSPS) is 17.5. The molecule has 2 unspecified atom stereocenters. The number of carbonyl (C=O) groups excluding carboxylic acids is 3. The van der Waals surface area contributed by atoms with Gasteiger partial charge in [-0.05, 0) is 39.7 Å². The van der Waals surface area contributed by atoms with Crippen molar-refractivity contribution in [3.63, 3.8) is 0 Å². The first kappa shape index (κ1) is 25.6. The molecular formula is C25H31NO7S. The molecule has 1 aromatic carbocycles. The third-order valence-corrected chi connectivity index (χ3v) is 6.53. The number of carbonyl (C=O) groups is 3. The average molecular weight is 490 g/mol. The van der Waals surface area contributed by atoms with Gasteiger partial charge in [0.1, 0.15) is 5.60 Å². The zero-order chi connectivity index (χ0) is 25.0. The smallest absolute Gasteiger partial charge is 0.407 e. The number of nitrogens with one attached hydrogen (secondary N) is 1. The van der Waals surface area contributed by atoms with Crippen molar-refractivity contribution in [3.05, 3.63) is 28.6 Å². The van der Waals surface area contributed by atoms with E-state index in [0.29, 0.717) is 35.8 Å². The molecule has 9 heteroatoms. The zero-order valence-electron chi connectivity index (χ0n) is 20.4. The number of rotatable bonds is 9. The summed E-state index contributed by atoms with van der Waals surface area (Å²) in [6.45, 7) is 5.81. The van der Waals surface area contributed by atoms with E-state index in [0.717, 1.165) is 15.6 Å². The van der Waals surface area contributed by atoms with Crippen molar-refractivity contribution < 1.29 is 33.3 Å². The Hall–Kier alpha value is -3.07. The molecule has 1 saturated carbocycles. The van der Waals surface area contributed by atoms with Crippen molar-refractivity contribution in [2.75, 3.05) is 27.9 Å². The van der Waals surface area contributed by atoms with Crippen LogP contribution < -0.4 is 14.8 Å². The van der Waals surface area contributed by atoms with Gasteiger partial charge in [-0.15, -0.1) is 11.3 Å². The Balaban J connectivity index is 1.84. The lowest BCUT2D eigenvalue weighted by Gasteiger charge is -2.19. The molecule has 3 rings (SSSR count). The van der Waals surface area contributed by atoms with E-state index in [1.807, 2.05) is 24.3 Å². The van der Waals surface area contributed by atoms with Gasteiger partial charge in [0, 0.05) is 34.2 Å². The van der Waals surface area contributed by atoms with E-state index in [2.05, 4.69) is 5.32 Å². The number of ether oxygens (including phenoxy) is 4. The van der Waals surface area contributed by atoms with Crippen LogP contribution in [0.4, 0.5) is 4.79 Å². The number of fused-ring (bicyclic) bond motifs is 1. The highest BCUT2D eigenvalue weighted by atomic mass is 32.1. The second-order valence-corrected chi connectivity index (χ2v) is 10.1. The van der Waals surface area contributed by atoms with Crippen molar-refractivity contribution in [2.24, 2.45) is 11.8 Å². The number of amides is 1. The Morgan fingerprint density at radius 3 is 2.38 bits per heavy atom. The van der Waals surface area contributed by atoms with Crippen LogP contribution in [0, 0.1) is 11.8 Å². The van der Waals surface area contributed by atoms with Crippen LogP contribution in [0.3, 0.4) is 0 Å². The maximum atomic E-state index is 13.3. The van der Waals surface area contributed by atoms with E-state index in [9.17, 15) is 14.4 Å². The van der Waals surface area contributed by atoms with Gasteiger partial charge in [-0.2, -0.15) is 0 Å². The summed E-state index contributed by atoms with van der Waals surface area (Å²) in [6.07, 6.45) is 4.35. The monoisotopic (exact) mass is 489 g/mol. The minimum atomic E-state index is -0.560. The number of esters is 1. The van der Waals surface area contributed by atoms with Crippen molar-refractivity contribution in [1.29, 1.82) is 0 Å². The van der Waals surface area contributed by atoms with Crippen molar-refractivity contribution >= 4 is 45.3 Å². The lowest BCUT2D eigenvalue weighted by molar-refractivity contribution is -0.142. The van der Waals surface area contributed by atoms with Gasteiger partial charge >= 0.3 is 12.1 Å². The number of hydrogen-bond donors (Lipinski definition) is 1. The number of thiophene rings is 1. The summed E-state index contributed by atoms with van der Waals surface area (Å²) in [6, 6.07) is 3.70. The maximum Gasteiger partial charge on any atom is 0.407 e. The standard InChI is InChI=1S/C25H31NO7S/c1-25(2,3)33-24(29)26-10-8-7-9-14-15-12-18(30-4)19(31-5)13-20(15)34-22(14)21(27)16-11-17(16)23(28)32-6/h7,9,12-13,16-17H,8,10-11H2,1-6H3,(H,26,29)/b9-7+. The number of methoxy groups -OCH3 is 3. The molecule has 1 fully saturated rings. The number of Topliss-reactive ketones (excluding diaryl/α,β-unsaturated/α-hetero) is 1. The second-order valence-electron chi connectivity index (χ2n) is 9.00. The summed E-state index contributed by atoms with van der Waals surface area (Å²) in [5.41, 5.74) is 0.203. The molecule has 34 heavy (non-hydrogen) atoms. The fraction of sp³-hybridized carbons (Fsp3) is 0.480. The number of benzene rings is 1. The van der Waals surface area contributed by atoms with Gasteiger partial charge in [-0.3, -0.25) is 9.59 Å². The van der Waals surface area contributed by atoms with E-state index in [1.54, 1.807) is 35.0 Å². The highest BCUT2D eigenvalue weighted by Crippen LogP contribution is 2.46. The predicted molar refractivity (Wildman–Crippen MR) is 131 cm³/mol. The second kappa shape index (κ2) is 10.5. The van der Waals surface area contributed by atoms with Gasteiger partial charge in [0.05, 0.1) is 32.1 Å². The third kappa shape index (κ3) is 5.88. The summed E-state index contributed by atoms with van der Waals surface area (Å²) < 4.78 is 21.8. The molecule has 0 aliphatic heterocycles. The summed E-state index contributed by atoms with van der Waals surface area (Å²) in [4.78, 5) is 37.6. The molecule has 1 amide bonds. The molecule has 8 nitrogen and oxygen atoms in total. The van der Waals surface area contributed by atoms with Crippen molar-refractivity contribution in [1.82, 2.24) is 5.32 Å². The average Bonchev–Trinajstić information content (AvgIpc) is 3.51. The summed E-state index contributed by atoms with van der Waals surface area (Å²) in [7, 11) is 4.46. The van der Waals surface area contributed by atoms with Crippen LogP contribution in [-0.2, 0) is 14.3 Å². The van der Waals surface area contributed by atoms with Gasteiger partial charge < -0.3 is 24.3 Å². The Kier molecular flexibility index (Phi) is 7.86. The molecule has 2 atom stereocenters. The molecule has 0 bridgehead atoms. The third-order valence-electron chi connectivity index (χ3n) is 5.35. The fourth-order valence-electron chi connectivity index (χ4n) is 3.63. The fourth-order valence-corrected chi connectivity index (χ4v) is 4.83. The van der Waals surface area contributed by atoms with Crippen molar-refractivity contribution in [2.45, 2.75) is 39.2 Å². The molecule has 1 aliphatic carbocycles. The van der Waals surface area contributed by atoms with E-state index >= 15 is 0 Å². The highest BCUT2D eigenvalue weighted by molar-refractivity contribution is 7.21. The summed E-state index contributed by atoms with van der Waals surface area (Å²) >= 11 is 1.37. The lowest BCUT2D eigenvalue weighted by atomic mass is 10.0. The van der Waals surface area contributed by atoms with Gasteiger partial charge in [0.15, 0.2) is 17.3 Å².